The Balaban J connectivity index is 2.67. The van der Waals surface area contributed by atoms with Crippen molar-refractivity contribution in [3.05, 3.63) is 30.3 Å². The van der Waals surface area contributed by atoms with Gasteiger partial charge in [0.05, 0.1) is 0 Å². The monoisotopic (exact) mass is 254 g/mol. The van der Waals surface area contributed by atoms with Crippen molar-refractivity contribution in [2.24, 2.45) is 0 Å². The summed E-state index contributed by atoms with van der Waals surface area (Å²) in [4.78, 5) is 4.06. The van der Waals surface area contributed by atoms with Crippen LogP contribution in [0.2, 0.25) is 0 Å². The molecule has 6 heteroatoms. The molecule has 0 aliphatic carbocycles. The van der Waals surface area contributed by atoms with Gasteiger partial charge in [-0.15, -0.1) is 0 Å². The van der Waals surface area contributed by atoms with E-state index in [4.69, 9.17) is 5.73 Å². The van der Waals surface area contributed by atoms with Crippen LogP contribution in [-0.4, -0.2) is 19.7 Å². The van der Waals surface area contributed by atoms with Gasteiger partial charge in [0.15, 0.2) is 15.0 Å². The van der Waals surface area contributed by atoms with Gasteiger partial charge in [-0.25, -0.2) is 13.4 Å². The third-order valence-corrected chi connectivity index (χ3v) is 4.70. The summed E-state index contributed by atoms with van der Waals surface area (Å²) in [6.45, 7) is 0. The van der Waals surface area contributed by atoms with E-state index in [1.54, 1.807) is 0 Å². The van der Waals surface area contributed by atoms with E-state index in [1.165, 1.54) is 0 Å². The molecule has 0 aliphatic heterocycles. The van der Waals surface area contributed by atoms with Gasteiger partial charge in [-0.2, -0.15) is 0 Å². The van der Waals surface area contributed by atoms with Crippen molar-refractivity contribution in [2.75, 3.05) is 12.0 Å². The second kappa shape index (κ2) is 3.88. The number of sulfone groups is 1. The summed E-state index contributed by atoms with van der Waals surface area (Å²) in [6, 6.07) is 9.14. The molecular formula is C10H10N2O2S2. The number of rotatable bonds is 2. The smallest absolute Gasteiger partial charge is 0.187 e. The second-order valence-electron chi connectivity index (χ2n) is 3.33. The van der Waals surface area contributed by atoms with Crippen LogP contribution in [0.5, 0.6) is 0 Å². The van der Waals surface area contributed by atoms with E-state index in [1.807, 2.05) is 30.3 Å². The Kier molecular flexibility index (Phi) is 2.69. The van der Waals surface area contributed by atoms with E-state index in [9.17, 15) is 8.42 Å². The molecule has 0 saturated carbocycles. The first-order chi connectivity index (χ1) is 7.48. The van der Waals surface area contributed by atoms with E-state index in [-0.39, 0.29) is 9.34 Å². The molecule has 0 atom stereocenters. The van der Waals surface area contributed by atoms with Crippen LogP contribution in [0.15, 0.2) is 34.5 Å². The van der Waals surface area contributed by atoms with Crippen molar-refractivity contribution in [2.45, 2.75) is 4.21 Å². The third-order valence-electron chi connectivity index (χ3n) is 2.00. The van der Waals surface area contributed by atoms with Gasteiger partial charge >= 0.3 is 0 Å². The highest BCUT2D eigenvalue weighted by Gasteiger charge is 2.19. The zero-order valence-corrected chi connectivity index (χ0v) is 10.2. The summed E-state index contributed by atoms with van der Waals surface area (Å²) in [5.74, 6) is 0. The minimum atomic E-state index is -3.28. The van der Waals surface area contributed by atoms with Crippen molar-refractivity contribution >= 4 is 26.3 Å². The number of hydrogen-bond acceptors (Lipinski definition) is 5. The average molecular weight is 254 g/mol. The summed E-state index contributed by atoms with van der Waals surface area (Å²) in [7, 11) is -3.28. The lowest BCUT2D eigenvalue weighted by Gasteiger charge is -1.99. The molecule has 0 aliphatic rings. The number of aromatic nitrogens is 1. The number of benzene rings is 1. The van der Waals surface area contributed by atoms with Crippen LogP contribution in [-0.2, 0) is 9.84 Å². The molecule has 0 spiro atoms. The van der Waals surface area contributed by atoms with Crippen molar-refractivity contribution in [1.29, 1.82) is 0 Å². The molecule has 1 aromatic carbocycles. The van der Waals surface area contributed by atoms with Gasteiger partial charge in [0, 0.05) is 11.8 Å². The summed E-state index contributed by atoms with van der Waals surface area (Å²) in [6.07, 6.45) is 1.16. The molecule has 1 heterocycles. The van der Waals surface area contributed by atoms with Gasteiger partial charge in [-0.05, 0) is 0 Å². The average Bonchev–Trinajstić information content (AvgIpc) is 2.61. The van der Waals surface area contributed by atoms with Gasteiger partial charge in [0.2, 0.25) is 0 Å². The highest BCUT2D eigenvalue weighted by Crippen LogP contribution is 2.32. The SMILES string of the molecule is CS(=O)(=O)c1sc(N)nc1-c1ccccc1. The Morgan fingerprint density at radius 3 is 2.44 bits per heavy atom. The predicted octanol–water partition coefficient (Wildman–Crippen LogP) is 1.80. The molecule has 4 nitrogen and oxygen atoms in total. The fourth-order valence-electron chi connectivity index (χ4n) is 1.35. The van der Waals surface area contributed by atoms with Crippen LogP contribution in [0.25, 0.3) is 11.3 Å². The largest absolute Gasteiger partial charge is 0.375 e. The zero-order valence-electron chi connectivity index (χ0n) is 8.54. The number of nitrogen functional groups attached to an aromatic ring is 1. The number of hydrogen-bond donors (Lipinski definition) is 1. The highest BCUT2D eigenvalue weighted by molar-refractivity contribution is 7.93. The van der Waals surface area contributed by atoms with Gasteiger partial charge < -0.3 is 5.73 Å². The molecule has 0 fully saturated rings. The Hall–Kier alpha value is -1.40. The van der Waals surface area contributed by atoms with Crippen LogP contribution >= 0.6 is 11.3 Å². The minimum absolute atomic E-state index is 0.219. The lowest BCUT2D eigenvalue weighted by atomic mass is 10.2. The number of thiazole rings is 1. The fourth-order valence-corrected chi connectivity index (χ4v) is 3.32. The van der Waals surface area contributed by atoms with Gasteiger partial charge in [0.25, 0.3) is 0 Å². The summed E-state index contributed by atoms with van der Waals surface area (Å²) >= 11 is 0.995. The third kappa shape index (κ3) is 2.07. The molecule has 16 heavy (non-hydrogen) atoms. The molecule has 2 N–H and O–H groups in total. The highest BCUT2D eigenvalue weighted by atomic mass is 32.2. The Bertz CT molecular complexity index is 603. The number of nitrogens with two attached hydrogens (primary N) is 1. The summed E-state index contributed by atoms with van der Waals surface area (Å²) in [5.41, 5.74) is 6.75. The van der Waals surface area contributed by atoms with Crippen molar-refractivity contribution in [3.8, 4) is 11.3 Å². The Morgan fingerprint density at radius 2 is 1.88 bits per heavy atom. The molecule has 2 aromatic rings. The first kappa shape index (κ1) is 11.1. The molecule has 0 amide bonds. The van der Waals surface area contributed by atoms with Crippen LogP contribution in [0.1, 0.15) is 0 Å². The summed E-state index contributed by atoms with van der Waals surface area (Å²) in [5, 5.41) is 0.263. The molecule has 1 aromatic heterocycles. The van der Waals surface area contributed by atoms with E-state index in [0.29, 0.717) is 5.69 Å². The maximum Gasteiger partial charge on any atom is 0.187 e. The van der Waals surface area contributed by atoms with Crippen molar-refractivity contribution < 1.29 is 8.42 Å². The summed E-state index contributed by atoms with van der Waals surface area (Å²) < 4.78 is 23.3. The van der Waals surface area contributed by atoms with Crippen LogP contribution in [0, 0.1) is 0 Å². The zero-order chi connectivity index (χ0) is 11.8. The van der Waals surface area contributed by atoms with Gasteiger partial charge in [-0.1, -0.05) is 41.7 Å². The van der Waals surface area contributed by atoms with Crippen LogP contribution in [0.3, 0.4) is 0 Å². The minimum Gasteiger partial charge on any atom is -0.375 e. The molecule has 0 radical (unpaired) electrons. The molecule has 84 valence electrons. The number of nitrogens with zero attached hydrogens (tertiary/aromatic N) is 1. The first-order valence-electron chi connectivity index (χ1n) is 4.50. The van der Waals surface area contributed by atoms with Gasteiger partial charge in [-0.3, -0.25) is 0 Å². The predicted molar refractivity (Wildman–Crippen MR) is 65.1 cm³/mol. The first-order valence-corrected chi connectivity index (χ1v) is 7.21. The fraction of sp³-hybridized carbons (Fsp3) is 0.100. The maximum absolute atomic E-state index is 11.6. The Labute approximate surface area is 97.7 Å². The lowest BCUT2D eigenvalue weighted by molar-refractivity contribution is 0.604. The standard InChI is InChI=1S/C10H10N2O2S2/c1-16(13,14)9-8(12-10(11)15-9)7-5-3-2-4-6-7/h2-6H,1H3,(H2,11,12). The quantitative estimate of drug-likeness (QED) is 0.886. The molecule has 0 unspecified atom stereocenters. The van der Waals surface area contributed by atoms with Crippen molar-refractivity contribution in [3.63, 3.8) is 0 Å². The molecule has 2 rings (SSSR count). The van der Waals surface area contributed by atoms with E-state index < -0.39 is 9.84 Å². The molecule has 0 saturated heterocycles. The van der Waals surface area contributed by atoms with E-state index in [2.05, 4.69) is 4.98 Å². The topological polar surface area (TPSA) is 73.0 Å². The molecule has 0 bridgehead atoms. The normalized spacial score (nSPS) is 11.6. The maximum atomic E-state index is 11.6. The van der Waals surface area contributed by atoms with Crippen molar-refractivity contribution in [1.82, 2.24) is 4.98 Å². The van der Waals surface area contributed by atoms with Crippen LogP contribution < -0.4 is 5.73 Å². The Morgan fingerprint density at radius 1 is 1.25 bits per heavy atom. The van der Waals surface area contributed by atoms with Crippen LogP contribution in [0.4, 0.5) is 5.13 Å². The second-order valence-corrected chi connectivity index (χ2v) is 6.57. The molecular weight excluding hydrogens is 244 g/mol. The van der Waals surface area contributed by atoms with Gasteiger partial charge in [0.1, 0.15) is 9.90 Å². The number of anilines is 1. The van der Waals surface area contributed by atoms with E-state index in [0.717, 1.165) is 23.2 Å². The van der Waals surface area contributed by atoms with E-state index >= 15 is 0 Å². The lowest BCUT2D eigenvalue weighted by Crippen LogP contribution is -1.96.